The first-order valence-corrected chi connectivity index (χ1v) is 10.5. The molecule has 0 bridgehead atoms. The second-order valence-corrected chi connectivity index (χ2v) is 7.47. The summed E-state index contributed by atoms with van der Waals surface area (Å²) in [5.74, 6) is -0.450. The third kappa shape index (κ3) is 10.2. The second-order valence-electron chi connectivity index (χ2n) is 7.47. The van der Waals surface area contributed by atoms with Crippen LogP contribution in [-0.4, -0.2) is 25.2 Å². The fourth-order valence-corrected chi connectivity index (χ4v) is 2.78. The average molecular weight is 377 g/mol. The van der Waals surface area contributed by atoms with Crippen molar-refractivity contribution in [2.75, 3.05) is 13.2 Å². The summed E-state index contributed by atoms with van der Waals surface area (Å²) < 4.78 is 10.6. The van der Waals surface area contributed by atoms with Crippen LogP contribution in [0.2, 0.25) is 0 Å². The van der Waals surface area contributed by atoms with Gasteiger partial charge in [-0.05, 0) is 30.9 Å². The third-order valence-electron chi connectivity index (χ3n) is 4.53. The van der Waals surface area contributed by atoms with Crippen LogP contribution in [0, 0.1) is 5.92 Å². The van der Waals surface area contributed by atoms with Crippen LogP contribution in [0.3, 0.4) is 0 Å². The number of unbranched alkanes of at least 4 members (excludes halogenated alkanes) is 7. The van der Waals surface area contributed by atoms with Crippen LogP contribution in [0.1, 0.15) is 99.3 Å². The molecule has 27 heavy (non-hydrogen) atoms. The molecule has 4 heteroatoms. The summed E-state index contributed by atoms with van der Waals surface area (Å²) in [5.41, 5.74) is 0.564. The van der Waals surface area contributed by atoms with E-state index in [-0.39, 0.29) is 11.1 Å². The zero-order valence-electron chi connectivity index (χ0n) is 17.3. The van der Waals surface area contributed by atoms with Crippen molar-refractivity contribution < 1.29 is 19.1 Å². The van der Waals surface area contributed by atoms with Crippen LogP contribution >= 0.6 is 0 Å². The molecule has 1 aromatic rings. The fraction of sp³-hybridized carbons (Fsp3) is 0.652. The molecule has 0 aromatic heterocycles. The lowest BCUT2D eigenvalue weighted by Gasteiger charge is -2.10. The van der Waals surface area contributed by atoms with Crippen molar-refractivity contribution in [2.24, 2.45) is 5.92 Å². The Balaban J connectivity index is 2.35. The van der Waals surface area contributed by atoms with E-state index >= 15 is 0 Å². The lowest BCUT2D eigenvalue weighted by atomic mass is 10.1. The molecule has 0 N–H and O–H groups in total. The highest BCUT2D eigenvalue weighted by atomic mass is 16.5. The van der Waals surface area contributed by atoms with Gasteiger partial charge in [0.15, 0.2) is 0 Å². The van der Waals surface area contributed by atoms with Gasteiger partial charge in [-0.1, -0.05) is 77.8 Å². The molecular formula is C23H36O4. The van der Waals surface area contributed by atoms with Crippen molar-refractivity contribution in [3.63, 3.8) is 0 Å². The van der Waals surface area contributed by atoms with E-state index in [2.05, 4.69) is 20.8 Å². The van der Waals surface area contributed by atoms with Gasteiger partial charge < -0.3 is 9.47 Å². The number of esters is 2. The number of hydrogen-bond donors (Lipinski definition) is 0. The Morgan fingerprint density at radius 1 is 0.778 bits per heavy atom. The van der Waals surface area contributed by atoms with Gasteiger partial charge in [-0.3, -0.25) is 0 Å². The van der Waals surface area contributed by atoms with E-state index in [1.54, 1.807) is 24.3 Å². The Labute approximate surface area is 164 Å². The number of hydrogen-bond acceptors (Lipinski definition) is 4. The molecule has 0 aliphatic carbocycles. The van der Waals surface area contributed by atoms with Gasteiger partial charge in [-0.15, -0.1) is 0 Å². The van der Waals surface area contributed by atoms with E-state index in [0.717, 1.165) is 19.3 Å². The number of carbonyl (C=O) groups excluding carboxylic acids is 2. The Kier molecular flexibility index (Phi) is 12.2. The number of benzene rings is 1. The first kappa shape index (κ1) is 23.2. The lowest BCUT2D eigenvalue weighted by molar-refractivity contribution is 0.0445. The van der Waals surface area contributed by atoms with Gasteiger partial charge in [0.2, 0.25) is 0 Å². The highest BCUT2D eigenvalue weighted by Crippen LogP contribution is 2.14. The molecule has 0 atom stereocenters. The highest BCUT2D eigenvalue weighted by molar-refractivity contribution is 6.03. The van der Waals surface area contributed by atoms with Crippen LogP contribution < -0.4 is 0 Å². The molecule has 0 saturated heterocycles. The van der Waals surface area contributed by atoms with Crippen molar-refractivity contribution >= 4 is 11.9 Å². The maximum absolute atomic E-state index is 12.3. The minimum atomic E-state index is -0.463. The van der Waals surface area contributed by atoms with Crippen molar-refractivity contribution in [3.8, 4) is 0 Å². The fourth-order valence-electron chi connectivity index (χ4n) is 2.78. The highest BCUT2D eigenvalue weighted by Gasteiger charge is 2.18. The molecule has 0 fully saturated rings. The molecule has 1 rings (SSSR count). The first-order valence-electron chi connectivity index (χ1n) is 10.5. The van der Waals surface area contributed by atoms with Crippen molar-refractivity contribution in [2.45, 2.75) is 78.6 Å². The Morgan fingerprint density at radius 3 is 1.78 bits per heavy atom. The third-order valence-corrected chi connectivity index (χ3v) is 4.53. The van der Waals surface area contributed by atoms with Gasteiger partial charge in [0.05, 0.1) is 24.3 Å². The lowest BCUT2D eigenvalue weighted by Crippen LogP contribution is -2.15. The summed E-state index contributed by atoms with van der Waals surface area (Å²) in [6, 6.07) is 6.70. The van der Waals surface area contributed by atoms with Gasteiger partial charge in [0.1, 0.15) is 0 Å². The zero-order valence-corrected chi connectivity index (χ0v) is 17.3. The van der Waals surface area contributed by atoms with E-state index in [4.69, 9.17) is 9.47 Å². The molecule has 152 valence electrons. The second kappa shape index (κ2) is 14.2. The normalized spacial score (nSPS) is 10.8. The molecule has 1 aromatic carbocycles. The summed E-state index contributed by atoms with van der Waals surface area (Å²) in [5, 5.41) is 0. The van der Waals surface area contributed by atoms with E-state index in [9.17, 15) is 9.59 Å². The molecule has 0 radical (unpaired) electrons. The Bertz CT molecular complexity index is 551. The molecule has 0 amide bonds. The summed E-state index contributed by atoms with van der Waals surface area (Å²) in [6.07, 6.45) is 10.4. The van der Waals surface area contributed by atoms with Crippen LogP contribution in [0.25, 0.3) is 0 Å². The maximum Gasteiger partial charge on any atom is 0.339 e. The van der Waals surface area contributed by atoms with Gasteiger partial charge in [-0.2, -0.15) is 0 Å². The standard InChI is InChI=1S/C23H36O4/c1-4-5-6-7-8-9-10-13-17-26-22(24)20-14-11-12-15-21(20)23(25)27-18-16-19(2)3/h11-12,14-15,19H,4-10,13,16-18H2,1-3H3. The SMILES string of the molecule is CCCCCCCCCCOC(=O)c1ccccc1C(=O)OCCC(C)C. The Hall–Kier alpha value is -1.84. The molecule has 0 spiro atoms. The molecule has 0 saturated carbocycles. The van der Waals surface area contributed by atoms with Gasteiger partial charge in [0, 0.05) is 0 Å². The maximum atomic E-state index is 12.3. The number of rotatable bonds is 14. The number of carbonyl (C=O) groups is 2. The molecule has 0 unspecified atom stereocenters. The first-order chi connectivity index (χ1) is 13.1. The largest absolute Gasteiger partial charge is 0.462 e. The van der Waals surface area contributed by atoms with Crippen LogP contribution in [0.5, 0.6) is 0 Å². The van der Waals surface area contributed by atoms with Crippen LogP contribution in [0.4, 0.5) is 0 Å². The summed E-state index contributed by atoms with van der Waals surface area (Å²) in [4.78, 5) is 24.6. The summed E-state index contributed by atoms with van der Waals surface area (Å²) >= 11 is 0. The van der Waals surface area contributed by atoms with Crippen LogP contribution in [-0.2, 0) is 9.47 Å². The van der Waals surface area contributed by atoms with Crippen molar-refractivity contribution in [1.29, 1.82) is 0 Å². The van der Waals surface area contributed by atoms with E-state index in [0.29, 0.717) is 19.1 Å². The van der Waals surface area contributed by atoms with Gasteiger partial charge in [0.25, 0.3) is 0 Å². The minimum Gasteiger partial charge on any atom is -0.462 e. The van der Waals surface area contributed by atoms with Crippen LogP contribution in [0.15, 0.2) is 24.3 Å². The quantitative estimate of drug-likeness (QED) is 0.287. The van der Waals surface area contributed by atoms with E-state index < -0.39 is 11.9 Å². The summed E-state index contributed by atoms with van der Waals surface area (Å²) in [7, 11) is 0. The molecule has 4 nitrogen and oxygen atoms in total. The monoisotopic (exact) mass is 376 g/mol. The van der Waals surface area contributed by atoms with Crippen molar-refractivity contribution in [1.82, 2.24) is 0 Å². The minimum absolute atomic E-state index is 0.280. The molecule has 0 aliphatic heterocycles. The topological polar surface area (TPSA) is 52.6 Å². The van der Waals surface area contributed by atoms with Gasteiger partial charge in [-0.25, -0.2) is 9.59 Å². The predicted molar refractivity (Wildman–Crippen MR) is 109 cm³/mol. The molecule has 0 aliphatic rings. The van der Waals surface area contributed by atoms with Gasteiger partial charge >= 0.3 is 11.9 Å². The van der Waals surface area contributed by atoms with E-state index in [1.807, 2.05) is 0 Å². The number of ether oxygens (including phenoxy) is 2. The molecule has 0 heterocycles. The smallest absolute Gasteiger partial charge is 0.339 e. The van der Waals surface area contributed by atoms with E-state index in [1.165, 1.54) is 38.5 Å². The Morgan fingerprint density at radius 2 is 1.26 bits per heavy atom. The van der Waals surface area contributed by atoms with Crippen molar-refractivity contribution in [3.05, 3.63) is 35.4 Å². The zero-order chi connectivity index (χ0) is 19.9. The molecular weight excluding hydrogens is 340 g/mol. The summed E-state index contributed by atoms with van der Waals surface area (Å²) in [6.45, 7) is 7.12. The average Bonchev–Trinajstić information content (AvgIpc) is 2.66. The predicted octanol–water partition coefficient (Wildman–Crippen LogP) is 6.19.